The molecule has 17 heavy (non-hydrogen) atoms. The third-order valence-electron chi connectivity index (χ3n) is 2.78. The van der Waals surface area contributed by atoms with Crippen molar-refractivity contribution in [1.82, 2.24) is 4.98 Å². The van der Waals surface area contributed by atoms with Gasteiger partial charge >= 0.3 is 0 Å². The van der Waals surface area contributed by atoms with Gasteiger partial charge in [-0.25, -0.2) is 4.39 Å². The Balaban J connectivity index is 2.83. The van der Waals surface area contributed by atoms with Crippen LogP contribution in [0, 0.1) is 5.82 Å². The summed E-state index contributed by atoms with van der Waals surface area (Å²) in [5, 5.41) is 0.817. The molecule has 0 aliphatic heterocycles. The quantitative estimate of drug-likeness (QED) is 0.749. The standard InChI is InChI=1S/C14H16FNO/c1-14(2,3)13-10-7-9(17-4)5-6-12(10)16-8-11(13)15/h5-8H,1-4H3. The molecule has 0 saturated heterocycles. The molecular weight excluding hydrogens is 217 g/mol. The molecule has 0 amide bonds. The minimum absolute atomic E-state index is 0.266. The van der Waals surface area contributed by atoms with Crippen LogP contribution in [0.1, 0.15) is 26.3 Å². The Bertz CT molecular complexity index is 558. The number of ether oxygens (including phenoxy) is 1. The van der Waals surface area contributed by atoms with Gasteiger partial charge in [0.15, 0.2) is 0 Å². The van der Waals surface area contributed by atoms with E-state index in [0.717, 1.165) is 16.7 Å². The van der Waals surface area contributed by atoms with Crippen molar-refractivity contribution in [3.05, 3.63) is 35.8 Å². The van der Waals surface area contributed by atoms with E-state index in [1.807, 2.05) is 39.0 Å². The molecule has 0 unspecified atom stereocenters. The van der Waals surface area contributed by atoms with Gasteiger partial charge in [-0.15, -0.1) is 0 Å². The van der Waals surface area contributed by atoms with Crippen LogP contribution in [0.3, 0.4) is 0 Å². The van der Waals surface area contributed by atoms with Gasteiger partial charge in [-0.2, -0.15) is 0 Å². The predicted molar refractivity (Wildman–Crippen MR) is 67.0 cm³/mol. The van der Waals surface area contributed by atoms with Crippen molar-refractivity contribution in [2.75, 3.05) is 7.11 Å². The Morgan fingerprint density at radius 3 is 2.53 bits per heavy atom. The molecule has 1 aromatic carbocycles. The zero-order valence-electron chi connectivity index (χ0n) is 10.5. The maximum Gasteiger partial charge on any atom is 0.145 e. The number of methoxy groups -OCH3 is 1. The average molecular weight is 233 g/mol. The van der Waals surface area contributed by atoms with E-state index < -0.39 is 0 Å². The highest BCUT2D eigenvalue weighted by Gasteiger charge is 2.22. The first-order chi connectivity index (χ1) is 7.93. The second kappa shape index (κ2) is 3.99. The van der Waals surface area contributed by atoms with Gasteiger partial charge < -0.3 is 4.74 Å². The maximum absolute atomic E-state index is 13.9. The van der Waals surface area contributed by atoms with Crippen LogP contribution >= 0.6 is 0 Å². The molecule has 0 atom stereocenters. The molecule has 0 fully saturated rings. The summed E-state index contributed by atoms with van der Waals surface area (Å²) in [6.45, 7) is 5.97. The molecule has 0 saturated carbocycles. The molecule has 2 rings (SSSR count). The molecule has 1 heterocycles. The van der Waals surface area contributed by atoms with Gasteiger partial charge in [0.1, 0.15) is 11.6 Å². The largest absolute Gasteiger partial charge is 0.497 e. The van der Waals surface area contributed by atoms with E-state index in [4.69, 9.17) is 4.74 Å². The highest BCUT2D eigenvalue weighted by molar-refractivity contribution is 5.84. The van der Waals surface area contributed by atoms with Crippen molar-refractivity contribution in [2.45, 2.75) is 26.2 Å². The van der Waals surface area contributed by atoms with Crippen molar-refractivity contribution in [3.8, 4) is 5.75 Å². The van der Waals surface area contributed by atoms with E-state index in [9.17, 15) is 4.39 Å². The summed E-state index contributed by atoms with van der Waals surface area (Å²) in [4.78, 5) is 4.10. The molecule has 2 nitrogen and oxygen atoms in total. The second-order valence-electron chi connectivity index (χ2n) is 5.11. The number of aromatic nitrogens is 1. The third kappa shape index (κ3) is 2.09. The van der Waals surface area contributed by atoms with Crippen LogP contribution in [0.25, 0.3) is 10.9 Å². The summed E-state index contributed by atoms with van der Waals surface area (Å²) in [7, 11) is 1.60. The summed E-state index contributed by atoms with van der Waals surface area (Å²) in [5.74, 6) is 0.452. The van der Waals surface area contributed by atoms with E-state index in [1.54, 1.807) is 7.11 Å². The minimum Gasteiger partial charge on any atom is -0.497 e. The molecule has 2 aromatic rings. The number of pyridine rings is 1. The zero-order chi connectivity index (χ0) is 12.6. The van der Waals surface area contributed by atoms with Gasteiger partial charge in [-0.05, 0) is 23.6 Å². The SMILES string of the molecule is COc1ccc2ncc(F)c(C(C)(C)C)c2c1. The number of hydrogen-bond acceptors (Lipinski definition) is 2. The second-order valence-corrected chi connectivity index (χ2v) is 5.11. The van der Waals surface area contributed by atoms with Gasteiger partial charge in [-0.3, -0.25) is 4.98 Å². The fourth-order valence-electron chi connectivity index (χ4n) is 2.04. The third-order valence-corrected chi connectivity index (χ3v) is 2.78. The van der Waals surface area contributed by atoms with E-state index in [0.29, 0.717) is 5.56 Å². The maximum atomic E-state index is 13.9. The van der Waals surface area contributed by atoms with E-state index >= 15 is 0 Å². The summed E-state index contributed by atoms with van der Waals surface area (Å²) < 4.78 is 19.1. The Morgan fingerprint density at radius 1 is 1.24 bits per heavy atom. The smallest absolute Gasteiger partial charge is 0.145 e. The van der Waals surface area contributed by atoms with Gasteiger partial charge in [-0.1, -0.05) is 20.8 Å². The van der Waals surface area contributed by atoms with Gasteiger partial charge in [0.05, 0.1) is 18.8 Å². The molecule has 0 N–H and O–H groups in total. The number of halogens is 1. The molecule has 0 aliphatic carbocycles. The topological polar surface area (TPSA) is 22.1 Å². The predicted octanol–water partition coefficient (Wildman–Crippen LogP) is 3.68. The van der Waals surface area contributed by atoms with Crippen LogP contribution in [0.15, 0.2) is 24.4 Å². The van der Waals surface area contributed by atoms with Gasteiger partial charge in [0.2, 0.25) is 0 Å². The van der Waals surface area contributed by atoms with Crippen molar-refractivity contribution in [1.29, 1.82) is 0 Å². The summed E-state index contributed by atoms with van der Waals surface area (Å²) in [6, 6.07) is 5.52. The number of rotatable bonds is 1. The Kier molecular flexibility index (Phi) is 2.77. The first kappa shape index (κ1) is 11.8. The fraction of sp³-hybridized carbons (Fsp3) is 0.357. The first-order valence-electron chi connectivity index (χ1n) is 5.56. The summed E-state index contributed by atoms with van der Waals surface area (Å²) in [6.07, 6.45) is 1.29. The van der Waals surface area contributed by atoms with Crippen molar-refractivity contribution in [2.24, 2.45) is 0 Å². The van der Waals surface area contributed by atoms with Crippen LogP contribution in [0.4, 0.5) is 4.39 Å². The monoisotopic (exact) mass is 233 g/mol. The molecule has 0 aliphatic rings. The van der Waals surface area contributed by atoms with Crippen molar-refractivity contribution < 1.29 is 9.13 Å². The lowest BCUT2D eigenvalue weighted by Gasteiger charge is -2.21. The van der Waals surface area contributed by atoms with Crippen molar-refractivity contribution >= 4 is 10.9 Å². The zero-order valence-corrected chi connectivity index (χ0v) is 10.5. The molecule has 1 aromatic heterocycles. The normalized spacial score (nSPS) is 11.8. The van der Waals surface area contributed by atoms with Crippen LogP contribution in [0.5, 0.6) is 5.75 Å². The van der Waals surface area contributed by atoms with E-state index in [2.05, 4.69) is 4.98 Å². The number of fused-ring (bicyclic) bond motifs is 1. The minimum atomic E-state index is -0.266. The lowest BCUT2D eigenvalue weighted by Crippen LogP contribution is -2.14. The molecule has 0 bridgehead atoms. The number of benzene rings is 1. The highest BCUT2D eigenvalue weighted by Crippen LogP contribution is 2.33. The van der Waals surface area contributed by atoms with Gasteiger partial charge in [0, 0.05) is 10.9 Å². The Morgan fingerprint density at radius 2 is 1.94 bits per heavy atom. The van der Waals surface area contributed by atoms with Crippen LogP contribution in [-0.4, -0.2) is 12.1 Å². The summed E-state index contributed by atoms with van der Waals surface area (Å²) >= 11 is 0. The lowest BCUT2D eigenvalue weighted by molar-refractivity contribution is 0.415. The number of hydrogen-bond donors (Lipinski definition) is 0. The van der Waals surface area contributed by atoms with E-state index in [-0.39, 0.29) is 11.2 Å². The molecule has 0 spiro atoms. The molecule has 90 valence electrons. The molecular formula is C14H16FNO. The first-order valence-corrected chi connectivity index (χ1v) is 5.56. The van der Waals surface area contributed by atoms with Crippen LogP contribution in [0.2, 0.25) is 0 Å². The Labute approximate surface area is 100 Å². The average Bonchev–Trinajstić information content (AvgIpc) is 2.26. The Hall–Kier alpha value is -1.64. The fourth-order valence-corrected chi connectivity index (χ4v) is 2.04. The van der Waals surface area contributed by atoms with Gasteiger partial charge in [0.25, 0.3) is 0 Å². The summed E-state index contributed by atoms with van der Waals surface area (Å²) in [5.41, 5.74) is 1.20. The lowest BCUT2D eigenvalue weighted by atomic mass is 9.84. The van der Waals surface area contributed by atoms with Crippen LogP contribution in [-0.2, 0) is 5.41 Å². The molecule has 0 radical (unpaired) electrons. The van der Waals surface area contributed by atoms with Crippen LogP contribution < -0.4 is 4.74 Å². The van der Waals surface area contributed by atoms with E-state index in [1.165, 1.54) is 6.20 Å². The highest BCUT2D eigenvalue weighted by atomic mass is 19.1. The van der Waals surface area contributed by atoms with Crippen molar-refractivity contribution in [3.63, 3.8) is 0 Å². The molecule has 3 heteroatoms. The number of nitrogens with zero attached hydrogens (tertiary/aromatic N) is 1.